The Morgan fingerprint density at radius 2 is 1.73 bits per heavy atom. The van der Waals surface area contributed by atoms with Gasteiger partial charge in [0, 0.05) is 17.7 Å². The number of hydrogen-bond donors (Lipinski definition) is 1. The Bertz CT molecular complexity index is 1430. The summed E-state index contributed by atoms with van der Waals surface area (Å²) in [6.45, 7) is 1.85. The van der Waals surface area contributed by atoms with Crippen molar-refractivity contribution in [3.8, 4) is 11.8 Å². The van der Waals surface area contributed by atoms with Gasteiger partial charge < -0.3 is 5.11 Å². The van der Waals surface area contributed by atoms with E-state index in [2.05, 4.69) is 5.10 Å². The molecule has 2 aromatic carbocycles. The Labute approximate surface area is 185 Å². The molecule has 11 nitrogen and oxygen atoms in total. The van der Waals surface area contributed by atoms with Gasteiger partial charge in [-0.2, -0.15) is 15.0 Å². The zero-order chi connectivity index (χ0) is 23.9. The van der Waals surface area contributed by atoms with Crippen LogP contribution >= 0.6 is 0 Å². The number of non-ortho nitro benzene ring substituents is 1. The van der Waals surface area contributed by atoms with E-state index in [9.17, 15) is 35.4 Å². The third-order valence-electron chi connectivity index (χ3n) is 5.49. The van der Waals surface area contributed by atoms with Gasteiger partial charge in [0.15, 0.2) is 0 Å². The molecule has 0 saturated heterocycles. The lowest BCUT2D eigenvalue weighted by molar-refractivity contribution is -0.430. The Kier molecular flexibility index (Phi) is 5.19. The van der Waals surface area contributed by atoms with Crippen LogP contribution in [-0.4, -0.2) is 24.7 Å². The minimum Gasteiger partial charge on any atom is -0.501 e. The molecule has 1 atom stereocenters. The largest absolute Gasteiger partial charge is 0.501 e. The van der Waals surface area contributed by atoms with Crippen LogP contribution in [-0.2, 0) is 6.42 Å². The Balaban J connectivity index is 1.94. The minimum absolute atomic E-state index is 0.0808. The second-order valence-electron chi connectivity index (χ2n) is 7.46. The molecule has 1 heterocycles. The molecular formula is C22H15N5O6. The Hall–Kier alpha value is -4.85. The number of fused-ring (bicyclic) bond motifs is 1. The number of aliphatic hydroxyl groups is 1. The molecule has 1 aliphatic carbocycles. The predicted octanol–water partition coefficient (Wildman–Crippen LogP) is 3.16. The topological polar surface area (TPSA) is 165 Å². The molecule has 0 saturated carbocycles. The average molecular weight is 445 g/mol. The Morgan fingerprint density at radius 1 is 1.09 bits per heavy atom. The maximum absolute atomic E-state index is 13.0. The van der Waals surface area contributed by atoms with Crippen molar-refractivity contribution in [2.24, 2.45) is 0 Å². The van der Waals surface area contributed by atoms with Crippen LogP contribution in [0.15, 0.2) is 59.0 Å². The number of nitro benzene ring substituents is 1. The predicted molar refractivity (Wildman–Crippen MR) is 115 cm³/mol. The Morgan fingerprint density at radius 3 is 2.27 bits per heavy atom. The average Bonchev–Trinajstić information content (AvgIpc) is 2.79. The summed E-state index contributed by atoms with van der Waals surface area (Å²) in [6, 6.07) is 13.6. The van der Waals surface area contributed by atoms with Crippen molar-refractivity contribution in [3.05, 3.63) is 113 Å². The summed E-state index contributed by atoms with van der Waals surface area (Å²) < 4.78 is 0.927. The molecule has 11 heteroatoms. The van der Waals surface area contributed by atoms with Crippen molar-refractivity contribution < 1.29 is 15.0 Å². The van der Waals surface area contributed by atoms with Gasteiger partial charge in [-0.25, -0.2) is 0 Å². The van der Waals surface area contributed by atoms with Crippen molar-refractivity contribution in [2.45, 2.75) is 19.3 Å². The number of aliphatic hydroxyl groups excluding tert-OH is 1. The fourth-order valence-corrected chi connectivity index (χ4v) is 3.83. The van der Waals surface area contributed by atoms with E-state index >= 15 is 0 Å². The number of allylic oxidation sites excluding steroid dienone is 1. The first-order valence-electron chi connectivity index (χ1n) is 9.68. The summed E-state index contributed by atoms with van der Waals surface area (Å²) in [5.41, 5.74) is -0.355. The van der Waals surface area contributed by atoms with E-state index in [1.807, 2.05) is 13.0 Å². The molecule has 0 fully saturated rings. The summed E-state index contributed by atoms with van der Waals surface area (Å²) in [4.78, 5) is 34.5. The molecule has 0 aliphatic heterocycles. The summed E-state index contributed by atoms with van der Waals surface area (Å²) in [6.07, 6.45) is -0.159. The smallest absolute Gasteiger partial charge is 0.297 e. The summed E-state index contributed by atoms with van der Waals surface area (Å²) >= 11 is 0. The SMILES string of the molecule is Cc1ccc(-n2nc3c(c(C#N)c2=O)CC(c2ccc([N+](=O)[O-])cc2)C([N+](=O)[O-])=C3O)cc1. The van der Waals surface area contributed by atoms with Crippen LogP contribution < -0.4 is 5.56 Å². The third kappa shape index (κ3) is 3.59. The van der Waals surface area contributed by atoms with Gasteiger partial charge in [0.05, 0.1) is 21.5 Å². The number of aryl methyl sites for hydroxylation is 1. The molecule has 1 unspecified atom stereocenters. The number of aromatic nitrogens is 2. The molecular weight excluding hydrogens is 430 g/mol. The second kappa shape index (κ2) is 8.01. The van der Waals surface area contributed by atoms with Crippen LogP contribution in [0.2, 0.25) is 0 Å². The summed E-state index contributed by atoms with van der Waals surface area (Å²) in [7, 11) is 0. The van der Waals surface area contributed by atoms with Gasteiger partial charge in [-0.15, -0.1) is 0 Å². The monoisotopic (exact) mass is 445 g/mol. The fraction of sp³-hybridized carbons (Fsp3) is 0.136. The van der Waals surface area contributed by atoms with E-state index in [1.165, 1.54) is 24.3 Å². The lowest BCUT2D eigenvalue weighted by atomic mass is 9.82. The normalized spacial score (nSPS) is 15.0. The fourth-order valence-electron chi connectivity index (χ4n) is 3.83. The van der Waals surface area contributed by atoms with Crippen LogP contribution in [0.1, 0.15) is 33.9 Å². The molecule has 4 rings (SSSR count). The molecule has 33 heavy (non-hydrogen) atoms. The number of nitriles is 1. The lowest BCUT2D eigenvalue weighted by Gasteiger charge is -2.23. The summed E-state index contributed by atoms with van der Waals surface area (Å²) in [5.74, 6) is -1.81. The summed E-state index contributed by atoms with van der Waals surface area (Å²) in [5, 5.41) is 47.5. The van der Waals surface area contributed by atoms with Crippen LogP contribution in [0.5, 0.6) is 0 Å². The van der Waals surface area contributed by atoms with Crippen molar-refractivity contribution >= 4 is 11.4 Å². The zero-order valence-electron chi connectivity index (χ0n) is 17.1. The molecule has 1 N–H and O–H groups in total. The molecule has 1 aliphatic rings. The van der Waals surface area contributed by atoms with E-state index in [-0.39, 0.29) is 28.9 Å². The van der Waals surface area contributed by atoms with E-state index in [0.717, 1.165) is 10.2 Å². The van der Waals surface area contributed by atoms with E-state index in [4.69, 9.17) is 0 Å². The van der Waals surface area contributed by atoms with Crippen molar-refractivity contribution in [3.63, 3.8) is 0 Å². The quantitative estimate of drug-likeness (QED) is 0.472. The highest BCUT2D eigenvalue weighted by Crippen LogP contribution is 2.39. The van der Waals surface area contributed by atoms with Crippen molar-refractivity contribution in [1.82, 2.24) is 9.78 Å². The van der Waals surface area contributed by atoms with Gasteiger partial charge in [0.1, 0.15) is 17.3 Å². The number of rotatable bonds is 4. The first kappa shape index (κ1) is 21.4. The number of hydrogen-bond acceptors (Lipinski definition) is 8. The second-order valence-corrected chi connectivity index (χ2v) is 7.46. The van der Waals surface area contributed by atoms with Crippen molar-refractivity contribution in [1.29, 1.82) is 5.26 Å². The number of nitro groups is 2. The van der Waals surface area contributed by atoms with Crippen LogP contribution in [0.25, 0.3) is 11.4 Å². The minimum atomic E-state index is -1.04. The first-order chi connectivity index (χ1) is 15.7. The van der Waals surface area contributed by atoms with E-state index < -0.39 is 32.8 Å². The maximum atomic E-state index is 13.0. The van der Waals surface area contributed by atoms with Gasteiger partial charge in [0.2, 0.25) is 5.76 Å². The van der Waals surface area contributed by atoms with Crippen LogP contribution in [0.3, 0.4) is 0 Å². The highest BCUT2D eigenvalue weighted by molar-refractivity contribution is 5.67. The van der Waals surface area contributed by atoms with Gasteiger partial charge in [-0.1, -0.05) is 29.8 Å². The molecule has 0 radical (unpaired) electrons. The standard InChI is InChI=1S/C22H15N5O6/c1-12-2-6-14(7-3-12)25-22(29)18(11-23)17-10-16(13-4-8-15(9-5-13)26(30)31)20(27(32)33)21(28)19(17)24-25/h2-9,16,28H,10H2,1H3. The number of nitrogens with zero attached hydrogens (tertiary/aromatic N) is 5. The van der Waals surface area contributed by atoms with Gasteiger partial charge in [0.25, 0.3) is 16.9 Å². The molecule has 3 aromatic rings. The lowest BCUT2D eigenvalue weighted by Crippen LogP contribution is -2.31. The molecule has 0 bridgehead atoms. The molecule has 0 spiro atoms. The van der Waals surface area contributed by atoms with Gasteiger partial charge >= 0.3 is 0 Å². The zero-order valence-corrected chi connectivity index (χ0v) is 17.1. The van der Waals surface area contributed by atoms with Crippen molar-refractivity contribution in [2.75, 3.05) is 0 Å². The van der Waals surface area contributed by atoms with Gasteiger partial charge in [-0.05, 0) is 31.0 Å². The third-order valence-corrected chi connectivity index (χ3v) is 5.49. The molecule has 0 amide bonds. The molecule has 1 aromatic heterocycles. The van der Waals surface area contributed by atoms with Crippen LogP contribution in [0, 0.1) is 38.5 Å². The number of benzene rings is 2. The molecule has 164 valence electrons. The highest BCUT2D eigenvalue weighted by atomic mass is 16.6. The highest BCUT2D eigenvalue weighted by Gasteiger charge is 2.40. The van der Waals surface area contributed by atoms with Gasteiger partial charge in [-0.3, -0.25) is 25.0 Å². The van der Waals surface area contributed by atoms with Crippen LogP contribution in [0.4, 0.5) is 5.69 Å². The van der Waals surface area contributed by atoms with E-state index in [0.29, 0.717) is 11.3 Å². The van der Waals surface area contributed by atoms with E-state index in [1.54, 1.807) is 24.3 Å². The maximum Gasteiger partial charge on any atom is 0.297 e. The first-order valence-corrected chi connectivity index (χ1v) is 9.68.